The SMILES string of the molecule is O=C(O)N1CCCC(CN[C@@H]2C[C@H]2c2ccccc2)CC1. The largest absolute Gasteiger partial charge is 0.465 e. The minimum absolute atomic E-state index is 0.617. The summed E-state index contributed by atoms with van der Waals surface area (Å²) in [4.78, 5) is 12.6. The van der Waals surface area contributed by atoms with E-state index >= 15 is 0 Å². The Balaban J connectivity index is 1.41. The molecule has 1 saturated carbocycles. The predicted octanol–water partition coefficient (Wildman–Crippen LogP) is 2.91. The van der Waals surface area contributed by atoms with Gasteiger partial charge in [0.25, 0.3) is 0 Å². The Morgan fingerprint density at radius 3 is 2.81 bits per heavy atom. The van der Waals surface area contributed by atoms with E-state index in [-0.39, 0.29) is 0 Å². The van der Waals surface area contributed by atoms with Crippen molar-refractivity contribution >= 4 is 6.09 Å². The molecule has 3 atom stereocenters. The highest BCUT2D eigenvalue weighted by Gasteiger charge is 2.38. The van der Waals surface area contributed by atoms with Gasteiger partial charge in [-0.2, -0.15) is 0 Å². The lowest BCUT2D eigenvalue weighted by Gasteiger charge is -2.17. The van der Waals surface area contributed by atoms with Crippen LogP contribution in [0.25, 0.3) is 0 Å². The highest BCUT2D eigenvalue weighted by Crippen LogP contribution is 2.40. The molecule has 0 aromatic heterocycles. The van der Waals surface area contributed by atoms with E-state index in [4.69, 9.17) is 5.11 Å². The molecule has 2 fully saturated rings. The van der Waals surface area contributed by atoms with E-state index in [1.165, 1.54) is 12.0 Å². The van der Waals surface area contributed by atoms with Crippen LogP contribution in [0.2, 0.25) is 0 Å². The molecule has 1 aromatic carbocycles. The number of nitrogens with zero attached hydrogens (tertiary/aromatic N) is 1. The first-order valence-electron chi connectivity index (χ1n) is 8.00. The average Bonchev–Trinajstić information content (AvgIpc) is 3.29. The second-order valence-corrected chi connectivity index (χ2v) is 6.33. The van der Waals surface area contributed by atoms with E-state index in [0.29, 0.717) is 31.0 Å². The topological polar surface area (TPSA) is 52.6 Å². The molecule has 4 heteroatoms. The van der Waals surface area contributed by atoms with Gasteiger partial charge in [0.2, 0.25) is 0 Å². The first-order valence-corrected chi connectivity index (χ1v) is 8.00. The molecule has 1 saturated heterocycles. The fourth-order valence-corrected chi connectivity index (χ4v) is 3.37. The fourth-order valence-electron chi connectivity index (χ4n) is 3.37. The molecule has 2 aliphatic rings. The molecule has 1 amide bonds. The van der Waals surface area contributed by atoms with Crippen LogP contribution in [-0.2, 0) is 0 Å². The van der Waals surface area contributed by atoms with Crippen LogP contribution in [0, 0.1) is 5.92 Å². The van der Waals surface area contributed by atoms with Crippen molar-refractivity contribution in [1.29, 1.82) is 0 Å². The second kappa shape index (κ2) is 6.48. The molecule has 114 valence electrons. The summed E-state index contributed by atoms with van der Waals surface area (Å²) < 4.78 is 0. The van der Waals surface area contributed by atoms with Crippen molar-refractivity contribution in [1.82, 2.24) is 10.2 Å². The highest BCUT2D eigenvalue weighted by molar-refractivity contribution is 5.64. The maximum absolute atomic E-state index is 11.0. The monoisotopic (exact) mass is 288 g/mol. The number of carbonyl (C=O) groups is 1. The zero-order valence-corrected chi connectivity index (χ0v) is 12.4. The standard InChI is InChI=1S/C17H24N2O2/c20-17(21)19-9-4-5-13(8-10-19)12-18-16-11-15(16)14-6-2-1-3-7-14/h1-3,6-7,13,15-16,18H,4-5,8-12H2,(H,20,21)/t13?,15-,16+/m0/s1. The molecular weight excluding hydrogens is 264 g/mol. The molecule has 4 nitrogen and oxygen atoms in total. The predicted molar refractivity (Wildman–Crippen MR) is 82.5 cm³/mol. The summed E-state index contributed by atoms with van der Waals surface area (Å²) >= 11 is 0. The van der Waals surface area contributed by atoms with Crippen LogP contribution in [0.5, 0.6) is 0 Å². The highest BCUT2D eigenvalue weighted by atomic mass is 16.4. The van der Waals surface area contributed by atoms with E-state index in [9.17, 15) is 4.79 Å². The number of hydrogen-bond acceptors (Lipinski definition) is 2. The molecule has 1 aromatic rings. The zero-order chi connectivity index (χ0) is 14.7. The van der Waals surface area contributed by atoms with E-state index in [2.05, 4.69) is 35.6 Å². The van der Waals surface area contributed by atoms with E-state index in [1.807, 2.05) is 0 Å². The van der Waals surface area contributed by atoms with Crippen LogP contribution < -0.4 is 5.32 Å². The number of rotatable bonds is 4. The summed E-state index contributed by atoms with van der Waals surface area (Å²) in [5.41, 5.74) is 1.44. The zero-order valence-electron chi connectivity index (χ0n) is 12.4. The van der Waals surface area contributed by atoms with Crippen molar-refractivity contribution in [3.05, 3.63) is 35.9 Å². The molecule has 1 aliphatic heterocycles. The molecule has 0 bridgehead atoms. The number of likely N-dealkylation sites (tertiary alicyclic amines) is 1. The summed E-state index contributed by atoms with van der Waals surface area (Å²) in [6, 6.07) is 11.3. The van der Waals surface area contributed by atoms with Crippen LogP contribution >= 0.6 is 0 Å². The average molecular weight is 288 g/mol. The van der Waals surface area contributed by atoms with Crippen molar-refractivity contribution in [2.75, 3.05) is 19.6 Å². The minimum atomic E-state index is -0.769. The van der Waals surface area contributed by atoms with Crippen molar-refractivity contribution in [3.8, 4) is 0 Å². The molecule has 3 rings (SSSR count). The Morgan fingerprint density at radius 1 is 1.24 bits per heavy atom. The van der Waals surface area contributed by atoms with Gasteiger partial charge in [0.1, 0.15) is 0 Å². The first kappa shape index (κ1) is 14.4. The lowest BCUT2D eigenvalue weighted by atomic mass is 10.0. The van der Waals surface area contributed by atoms with E-state index in [0.717, 1.165) is 25.8 Å². The maximum atomic E-state index is 11.0. The summed E-state index contributed by atoms with van der Waals surface area (Å²) in [5, 5.41) is 12.7. The maximum Gasteiger partial charge on any atom is 0.407 e. The first-order chi connectivity index (χ1) is 10.2. The third kappa shape index (κ3) is 3.76. The molecule has 0 radical (unpaired) electrons. The van der Waals surface area contributed by atoms with Crippen LogP contribution in [0.3, 0.4) is 0 Å². The summed E-state index contributed by atoms with van der Waals surface area (Å²) in [6.07, 6.45) is 3.58. The molecule has 1 unspecified atom stereocenters. The number of nitrogens with one attached hydrogen (secondary N) is 1. The molecule has 2 N–H and O–H groups in total. The number of amides is 1. The van der Waals surface area contributed by atoms with Gasteiger partial charge in [-0.1, -0.05) is 30.3 Å². The second-order valence-electron chi connectivity index (χ2n) is 6.33. The van der Waals surface area contributed by atoms with Crippen LogP contribution in [0.15, 0.2) is 30.3 Å². The van der Waals surface area contributed by atoms with Crippen molar-refractivity contribution in [3.63, 3.8) is 0 Å². The number of benzene rings is 1. The lowest BCUT2D eigenvalue weighted by molar-refractivity contribution is 0.146. The van der Waals surface area contributed by atoms with Gasteiger partial charge in [0.05, 0.1) is 0 Å². The summed E-state index contributed by atoms with van der Waals surface area (Å²) in [6.45, 7) is 2.41. The number of carboxylic acid groups (broad SMARTS) is 1. The lowest BCUT2D eigenvalue weighted by Crippen LogP contribution is -2.31. The van der Waals surface area contributed by atoms with Crippen molar-refractivity contribution in [2.45, 2.75) is 37.6 Å². The molecule has 0 spiro atoms. The van der Waals surface area contributed by atoms with Gasteiger partial charge < -0.3 is 15.3 Å². The Kier molecular flexibility index (Phi) is 4.44. The summed E-state index contributed by atoms with van der Waals surface area (Å²) in [5.74, 6) is 1.29. The number of hydrogen-bond donors (Lipinski definition) is 2. The Labute approximate surface area is 126 Å². The van der Waals surface area contributed by atoms with Gasteiger partial charge >= 0.3 is 6.09 Å². The Morgan fingerprint density at radius 2 is 2.05 bits per heavy atom. The van der Waals surface area contributed by atoms with Crippen LogP contribution in [0.1, 0.15) is 37.2 Å². The minimum Gasteiger partial charge on any atom is -0.465 e. The van der Waals surface area contributed by atoms with Gasteiger partial charge in [0.15, 0.2) is 0 Å². The molecular formula is C17H24N2O2. The van der Waals surface area contributed by atoms with Crippen LogP contribution in [-0.4, -0.2) is 41.8 Å². The molecule has 21 heavy (non-hydrogen) atoms. The summed E-state index contributed by atoms with van der Waals surface area (Å²) in [7, 11) is 0. The van der Waals surface area contributed by atoms with Gasteiger partial charge in [-0.3, -0.25) is 0 Å². The van der Waals surface area contributed by atoms with E-state index in [1.54, 1.807) is 4.90 Å². The van der Waals surface area contributed by atoms with Gasteiger partial charge in [0, 0.05) is 25.0 Å². The third-order valence-corrected chi connectivity index (χ3v) is 4.81. The Bertz CT molecular complexity index is 477. The quantitative estimate of drug-likeness (QED) is 0.895. The molecule has 1 aliphatic carbocycles. The molecule has 1 heterocycles. The van der Waals surface area contributed by atoms with Crippen LogP contribution in [0.4, 0.5) is 4.79 Å². The fraction of sp³-hybridized carbons (Fsp3) is 0.588. The van der Waals surface area contributed by atoms with Crippen molar-refractivity contribution < 1.29 is 9.90 Å². The van der Waals surface area contributed by atoms with Gasteiger partial charge in [-0.05, 0) is 43.7 Å². The Hall–Kier alpha value is -1.55. The third-order valence-electron chi connectivity index (χ3n) is 4.81. The van der Waals surface area contributed by atoms with E-state index < -0.39 is 6.09 Å². The normalized spacial score (nSPS) is 29.0. The van der Waals surface area contributed by atoms with Gasteiger partial charge in [-0.15, -0.1) is 0 Å². The van der Waals surface area contributed by atoms with Crippen molar-refractivity contribution in [2.24, 2.45) is 5.92 Å². The smallest absolute Gasteiger partial charge is 0.407 e. The van der Waals surface area contributed by atoms with Gasteiger partial charge in [-0.25, -0.2) is 4.79 Å².